The molecule has 0 saturated carbocycles. The molecule has 0 fully saturated rings. The number of nitrogens with zero attached hydrogens (tertiary/aromatic N) is 2. The van der Waals surface area contributed by atoms with Gasteiger partial charge in [-0.15, -0.1) is 10.2 Å². The second kappa shape index (κ2) is 6.74. The predicted octanol–water partition coefficient (Wildman–Crippen LogP) is 2.47. The van der Waals surface area contributed by atoms with Crippen LogP contribution in [-0.4, -0.2) is 21.9 Å². The van der Waals surface area contributed by atoms with Gasteiger partial charge in [-0.3, -0.25) is 4.79 Å². The van der Waals surface area contributed by atoms with Crippen molar-refractivity contribution in [3.63, 3.8) is 0 Å². The summed E-state index contributed by atoms with van der Waals surface area (Å²) in [5.41, 5.74) is 6.25. The molecule has 0 bridgehead atoms. The summed E-state index contributed by atoms with van der Waals surface area (Å²) in [6, 6.07) is 6.61. The molecular formula is C12H13ClN4O2S. The molecule has 1 amide bonds. The van der Waals surface area contributed by atoms with Crippen LogP contribution in [0.5, 0.6) is 0 Å². The molecule has 0 spiro atoms. The highest BCUT2D eigenvalue weighted by Crippen LogP contribution is 2.19. The molecule has 1 aromatic heterocycles. The predicted molar refractivity (Wildman–Crippen MR) is 77.7 cm³/mol. The first-order valence-electron chi connectivity index (χ1n) is 5.82. The maximum Gasteiger partial charge on any atom is 0.277 e. The van der Waals surface area contributed by atoms with Crippen LogP contribution < -0.4 is 11.1 Å². The van der Waals surface area contributed by atoms with Gasteiger partial charge in [0, 0.05) is 10.7 Å². The number of halogens is 1. The molecule has 1 unspecified atom stereocenters. The van der Waals surface area contributed by atoms with Crippen molar-refractivity contribution in [2.45, 2.75) is 18.2 Å². The van der Waals surface area contributed by atoms with Crippen molar-refractivity contribution in [1.29, 1.82) is 0 Å². The third-order valence-electron chi connectivity index (χ3n) is 2.25. The molecule has 1 aromatic carbocycles. The highest BCUT2D eigenvalue weighted by atomic mass is 35.5. The molecule has 20 heavy (non-hydrogen) atoms. The van der Waals surface area contributed by atoms with Crippen molar-refractivity contribution in [1.82, 2.24) is 10.2 Å². The van der Waals surface area contributed by atoms with Gasteiger partial charge >= 0.3 is 0 Å². The van der Waals surface area contributed by atoms with Crippen LogP contribution in [-0.2, 0) is 4.79 Å². The lowest BCUT2D eigenvalue weighted by atomic mass is 10.3. The average Bonchev–Trinajstić information content (AvgIpc) is 2.85. The van der Waals surface area contributed by atoms with E-state index in [9.17, 15) is 4.79 Å². The van der Waals surface area contributed by atoms with E-state index in [1.54, 1.807) is 31.2 Å². The molecule has 0 aliphatic rings. The van der Waals surface area contributed by atoms with Crippen molar-refractivity contribution in [2.24, 2.45) is 5.73 Å². The normalized spacial score (nSPS) is 12.2. The number of rotatable bonds is 5. The second-order valence-electron chi connectivity index (χ2n) is 4.04. The van der Waals surface area contributed by atoms with Crippen LogP contribution in [0.25, 0.3) is 0 Å². The minimum atomic E-state index is -0.322. The molecular weight excluding hydrogens is 300 g/mol. The number of nitrogens with two attached hydrogens (primary N) is 1. The lowest BCUT2D eigenvalue weighted by molar-refractivity contribution is -0.113. The first-order valence-corrected chi connectivity index (χ1v) is 7.18. The van der Waals surface area contributed by atoms with E-state index in [1.165, 1.54) is 0 Å². The van der Waals surface area contributed by atoms with Crippen molar-refractivity contribution < 1.29 is 9.21 Å². The first-order chi connectivity index (χ1) is 9.54. The summed E-state index contributed by atoms with van der Waals surface area (Å²) in [5, 5.41) is 11.2. The summed E-state index contributed by atoms with van der Waals surface area (Å²) >= 11 is 6.98. The third kappa shape index (κ3) is 4.22. The number of amides is 1. The number of hydrogen-bond acceptors (Lipinski definition) is 6. The molecule has 1 heterocycles. The van der Waals surface area contributed by atoms with E-state index in [-0.39, 0.29) is 17.7 Å². The number of carbonyl (C=O) groups excluding carboxylic acids is 1. The SMILES string of the molecule is CC(N)c1nnc(SCC(=O)Nc2cccc(Cl)c2)o1. The number of benzene rings is 1. The third-order valence-corrected chi connectivity index (χ3v) is 3.30. The number of aromatic nitrogens is 2. The molecule has 8 heteroatoms. The van der Waals surface area contributed by atoms with Crippen molar-refractivity contribution >= 4 is 35.0 Å². The Morgan fingerprint density at radius 3 is 3.00 bits per heavy atom. The lowest BCUT2D eigenvalue weighted by Crippen LogP contribution is -2.13. The molecule has 0 saturated heterocycles. The Balaban J connectivity index is 1.85. The van der Waals surface area contributed by atoms with Gasteiger partial charge in [-0.25, -0.2) is 0 Å². The topological polar surface area (TPSA) is 94.0 Å². The maximum atomic E-state index is 11.7. The van der Waals surface area contributed by atoms with E-state index < -0.39 is 0 Å². The van der Waals surface area contributed by atoms with E-state index in [4.69, 9.17) is 21.8 Å². The van der Waals surface area contributed by atoms with E-state index in [1.807, 2.05) is 0 Å². The van der Waals surface area contributed by atoms with Gasteiger partial charge in [0.15, 0.2) is 0 Å². The molecule has 6 nitrogen and oxygen atoms in total. The molecule has 106 valence electrons. The summed E-state index contributed by atoms with van der Waals surface area (Å²) < 4.78 is 5.28. The summed E-state index contributed by atoms with van der Waals surface area (Å²) in [6.45, 7) is 1.74. The standard InChI is InChI=1S/C12H13ClN4O2S/c1-7(14)11-16-17-12(19-11)20-6-10(18)15-9-4-2-3-8(13)5-9/h2-5,7H,6,14H2,1H3,(H,15,18). The number of nitrogens with one attached hydrogen (secondary N) is 1. The fourth-order valence-electron chi connectivity index (χ4n) is 1.35. The quantitative estimate of drug-likeness (QED) is 0.824. The highest BCUT2D eigenvalue weighted by Gasteiger charge is 2.12. The Bertz CT molecular complexity index is 603. The molecule has 3 N–H and O–H groups in total. The van der Waals surface area contributed by atoms with Crippen LogP contribution in [0, 0.1) is 0 Å². The van der Waals surface area contributed by atoms with Crippen molar-refractivity contribution in [3.05, 3.63) is 35.2 Å². The first kappa shape index (κ1) is 14.8. The molecule has 0 radical (unpaired) electrons. The second-order valence-corrected chi connectivity index (χ2v) is 5.41. The van der Waals surface area contributed by atoms with Gasteiger partial charge in [-0.2, -0.15) is 0 Å². The number of thioether (sulfide) groups is 1. The lowest BCUT2D eigenvalue weighted by Gasteiger charge is -2.03. The van der Waals surface area contributed by atoms with Crippen LogP contribution in [0.3, 0.4) is 0 Å². The minimum absolute atomic E-state index is 0.160. The van der Waals surface area contributed by atoms with Crippen LogP contribution in [0.1, 0.15) is 18.9 Å². The van der Waals surface area contributed by atoms with E-state index >= 15 is 0 Å². The molecule has 1 atom stereocenters. The van der Waals surface area contributed by atoms with E-state index in [0.29, 0.717) is 21.8 Å². The van der Waals surface area contributed by atoms with Crippen LogP contribution in [0.2, 0.25) is 5.02 Å². The largest absolute Gasteiger partial charge is 0.414 e. The monoisotopic (exact) mass is 312 g/mol. The summed E-state index contributed by atoms with van der Waals surface area (Å²) in [7, 11) is 0. The average molecular weight is 313 g/mol. The van der Waals surface area contributed by atoms with Crippen molar-refractivity contribution in [2.75, 3.05) is 11.1 Å². The van der Waals surface area contributed by atoms with E-state index in [2.05, 4.69) is 15.5 Å². The van der Waals surface area contributed by atoms with Crippen molar-refractivity contribution in [3.8, 4) is 0 Å². The van der Waals surface area contributed by atoms with Gasteiger partial charge in [0.1, 0.15) is 0 Å². The highest BCUT2D eigenvalue weighted by molar-refractivity contribution is 7.99. The molecule has 2 rings (SSSR count). The number of anilines is 1. The van der Waals surface area contributed by atoms with Crippen LogP contribution >= 0.6 is 23.4 Å². The van der Waals surface area contributed by atoms with Gasteiger partial charge in [0.25, 0.3) is 5.22 Å². The van der Waals surface area contributed by atoms with Gasteiger partial charge < -0.3 is 15.5 Å². The molecule has 0 aliphatic carbocycles. The van der Waals surface area contributed by atoms with Gasteiger partial charge in [0.05, 0.1) is 11.8 Å². The molecule has 2 aromatic rings. The number of carbonyl (C=O) groups is 1. The zero-order chi connectivity index (χ0) is 14.5. The summed E-state index contributed by atoms with van der Waals surface area (Å²) in [5.74, 6) is 0.327. The Hall–Kier alpha value is -1.57. The summed E-state index contributed by atoms with van der Waals surface area (Å²) in [6.07, 6.45) is 0. The Kier molecular flexibility index (Phi) is 4.99. The zero-order valence-corrected chi connectivity index (χ0v) is 12.2. The fraction of sp³-hybridized carbons (Fsp3) is 0.250. The summed E-state index contributed by atoms with van der Waals surface area (Å²) in [4.78, 5) is 11.7. The Morgan fingerprint density at radius 1 is 1.55 bits per heavy atom. The molecule has 0 aliphatic heterocycles. The van der Waals surface area contributed by atoms with Crippen LogP contribution in [0.15, 0.2) is 33.9 Å². The minimum Gasteiger partial charge on any atom is -0.414 e. The van der Waals surface area contributed by atoms with Gasteiger partial charge in [-0.05, 0) is 25.1 Å². The van der Waals surface area contributed by atoms with Gasteiger partial charge in [0.2, 0.25) is 11.8 Å². The van der Waals surface area contributed by atoms with Crippen LogP contribution in [0.4, 0.5) is 5.69 Å². The fourth-order valence-corrected chi connectivity index (χ4v) is 2.11. The zero-order valence-electron chi connectivity index (χ0n) is 10.7. The van der Waals surface area contributed by atoms with E-state index in [0.717, 1.165) is 11.8 Å². The number of hydrogen-bond donors (Lipinski definition) is 2. The van der Waals surface area contributed by atoms with Gasteiger partial charge in [-0.1, -0.05) is 29.4 Å². The maximum absolute atomic E-state index is 11.7. The smallest absolute Gasteiger partial charge is 0.277 e. The Morgan fingerprint density at radius 2 is 2.35 bits per heavy atom. The Labute approximate surface area is 125 Å².